The van der Waals surface area contributed by atoms with Crippen LogP contribution in [0.2, 0.25) is 5.02 Å². The molecule has 1 heterocycles. The molecule has 0 spiro atoms. The number of aliphatic imine (C=N–C) groups is 1. The van der Waals surface area contributed by atoms with Crippen LogP contribution in [0, 0.1) is 5.41 Å². The van der Waals surface area contributed by atoms with Crippen LogP contribution in [0.15, 0.2) is 17.1 Å². The first-order valence-electron chi connectivity index (χ1n) is 9.75. The second kappa shape index (κ2) is 11.3. The number of benzene rings is 1. The fraction of sp³-hybridized carbons (Fsp3) is 0.650. The Kier molecular flexibility index (Phi) is 9.43. The zero-order valence-corrected chi connectivity index (χ0v) is 19.8. The van der Waals surface area contributed by atoms with E-state index < -0.39 is 0 Å². The Morgan fingerprint density at radius 2 is 2.04 bits per heavy atom. The van der Waals surface area contributed by atoms with E-state index >= 15 is 0 Å². The van der Waals surface area contributed by atoms with Crippen LogP contribution >= 0.6 is 35.6 Å². The van der Waals surface area contributed by atoms with Crippen LogP contribution < -0.4 is 20.1 Å². The fourth-order valence-electron chi connectivity index (χ4n) is 3.55. The number of nitrogens with one attached hydrogen (secondary N) is 2. The van der Waals surface area contributed by atoms with Crippen LogP contribution in [-0.4, -0.2) is 46.0 Å². The van der Waals surface area contributed by atoms with E-state index in [1.54, 1.807) is 7.11 Å². The average Bonchev–Trinajstić information content (AvgIpc) is 2.65. The predicted molar refractivity (Wildman–Crippen MR) is 123 cm³/mol. The molecule has 0 atom stereocenters. The molecule has 3 rings (SSSR count). The molecule has 0 saturated heterocycles. The molecule has 2 aliphatic rings. The number of methoxy groups -OCH3 is 1. The molecule has 1 fully saturated rings. The summed E-state index contributed by atoms with van der Waals surface area (Å²) in [7, 11) is 1.77. The lowest BCUT2D eigenvalue weighted by Crippen LogP contribution is -2.46. The van der Waals surface area contributed by atoms with E-state index in [4.69, 9.17) is 30.8 Å². The van der Waals surface area contributed by atoms with Crippen LogP contribution in [-0.2, 0) is 11.3 Å². The van der Waals surface area contributed by atoms with Crippen LogP contribution in [0.1, 0.15) is 38.2 Å². The minimum absolute atomic E-state index is 0. The van der Waals surface area contributed by atoms with Gasteiger partial charge in [0.15, 0.2) is 17.5 Å². The summed E-state index contributed by atoms with van der Waals surface area (Å²) in [5.74, 6) is 2.16. The largest absolute Gasteiger partial charge is 0.486 e. The standard InChI is InChI=1S/C20H30ClN3O3.HI/c1-3-22-19(24-14-20(5-4-6-20)7-8-25-2)23-13-15-11-16(21)18-17(12-15)26-9-10-27-18;/h11-12H,3-10,13-14H2,1-2H3,(H2,22,23,24);1H. The van der Waals surface area contributed by atoms with Gasteiger partial charge in [-0.3, -0.25) is 0 Å². The van der Waals surface area contributed by atoms with Gasteiger partial charge in [0, 0.05) is 26.8 Å². The highest BCUT2D eigenvalue weighted by Crippen LogP contribution is 2.43. The first kappa shape index (κ1) is 23.3. The number of halogens is 2. The van der Waals surface area contributed by atoms with Gasteiger partial charge < -0.3 is 24.8 Å². The maximum Gasteiger partial charge on any atom is 0.191 e. The first-order valence-corrected chi connectivity index (χ1v) is 10.1. The van der Waals surface area contributed by atoms with Crippen molar-refractivity contribution in [3.8, 4) is 11.5 Å². The molecule has 6 nitrogen and oxygen atoms in total. The summed E-state index contributed by atoms with van der Waals surface area (Å²) in [5.41, 5.74) is 1.34. The highest BCUT2D eigenvalue weighted by molar-refractivity contribution is 14.0. The fourth-order valence-corrected chi connectivity index (χ4v) is 3.84. The molecule has 0 aromatic heterocycles. The third kappa shape index (κ3) is 6.03. The highest BCUT2D eigenvalue weighted by atomic mass is 127. The van der Waals surface area contributed by atoms with Gasteiger partial charge in [0.25, 0.3) is 0 Å². The summed E-state index contributed by atoms with van der Waals surface area (Å²) in [4.78, 5) is 4.72. The monoisotopic (exact) mass is 523 g/mol. The Balaban J connectivity index is 0.00000280. The molecule has 1 aliphatic carbocycles. The van der Waals surface area contributed by atoms with Gasteiger partial charge in [-0.05, 0) is 49.3 Å². The molecular weight excluding hydrogens is 493 g/mol. The molecule has 0 amide bonds. The summed E-state index contributed by atoms with van der Waals surface area (Å²) >= 11 is 6.32. The molecule has 0 unspecified atom stereocenters. The van der Waals surface area contributed by atoms with Gasteiger partial charge in [0.2, 0.25) is 0 Å². The number of guanidine groups is 1. The Labute approximate surface area is 189 Å². The van der Waals surface area contributed by atoms with Crippen LogP contribution in [0.25, 0.3) is 0 Å². The quantitative estimate of drug-likeness (QED) is 0.306. The molecule has 8 heteroatoms. The smallest absolute Gasteiger partial charge is 0.191 e. The summed E-state index contributed by atoms with van der Waals surface area (Å²) in [6, 6.07) is 3.85. The Bertz CT molecular complexity index is 668. The Morgan fingerprint density at radius 1 is 1.25 bits per heavy atom. The minimum atomic E-state index is 0. The SMILES string of the molecule is CCNC(=NCc1cc(Cl)c2c(c1)OCCO2)NCC1(CCOC)CCC1.I. The molecule has 0 bridgehead atoms. The molecule has 2 N–H and O–H groups in total. The van der Waals surface area contributed by atoms with E-state index in [-0.39, 0.29) is 24.0 Å². The van der Waals surface area contributed by atoms with E-state index in [1.165, 1.54) is 19.3 Å². The van der Waals surface area contributed by atoms with Gasteiger partial charge in [0.1, 0.15) is 13.2 Å². The molecule has 28 heavy (non-hydrogen) atoms. The summed E-state index contributed by atoms with van der Waals surface area (Å²) in [6.45, 7) is 6.22. The second-order valence-corrected chi connectivity index (χ2v) is 7.65. The highest BCUT2D eigenvalue weighted by Gasteiger charge is 2.36. The van der Waals surface area contributed by atoms with Crippen molar-refractivity contribution in [1.29, 1.82) is 0 Å². The molecule has 1 aromatic rings. The van der Waals surface area contributed by atoms with Crippen LogP contribution in [0.3, 0.4) is 0 Å². The van der Waals surface area contributed by atoms with Crippen molar-refractivity contribution in [3.05, 3.63) is 22.7 Å². The van der Waals surface area contributed by atoms with Crippen molar-refractivity contribution in [3.63, 3.8) is 0 Å². The van der Waals surface area contributed by atoms with E-state index in [2.05, 4.69) is 17.6 Å². The molecule has 1 aromatic carbocycles. The molecule has 158 valence electrons. The number of fused-ring (bicyclic) bond motifs is 1. The zero-order chi connectivity index (χ0) is 19.1. The first-order chi connectivity index (χ1) is 13.2. The van der Waals surface area contributed by atoms with Gasteiger partial charge in [-0.2, -0.15) is 0 Å². The Morgan fingerprint density at radius 3 is 2.71 bits per heavy atom. The van der Waals surface area contributed by atoms with Crippen molar-refractivity contribution in [2.75, 3.05) is 40.0 Å². The number of hydrogen-bond donors (Lipinski definition) is 2. The lowest BCUT2D eigenvalue weighted by molar-refractivity contribution is 0.0732. The summed E-state index contributed by atoms with van der Waals surface area (Å²) in [5, 5.41) is 7.41. The van der Waals surface area contributed by atoms with Crippen LogP contribution in [0.5, 0.6) is 11.5 Å². The van der Waals surface area contributed by atoms with E-state index in [0.717, 1.165) is 37.6 Å². The molecule has 1 aliphatic heterocycles. The second-order valence-electron chi connectivity index (χ2n) is 7.25. The molecule has 1 saturated carbocycles. The normalized spacial score (nSPS) is 17.3. The van der Waals surface area contributed by atoms with Crippen molar-refractivity contribution < 1.29 is 14.2 Å². The van der Waals surface area contributed by atoms with Gasteiger partial charge in [-0.15, -0.1) is 24.0 Å². The van der Waals surface area contributed by atoms with E-state index in [9.17, 15) is 0 Å². The molecule has 0 radical (unpaired) electrons. The van der Waals surface area contributed by atoms with Gasteiger partial charge in [0.05, 0.1) is 11.6 Å². The average molecular weight is 524 g/mol. The summed E-state index contributed by atoms with van der Waals surface area (Å²) < 4.78 is 16.5. The minimum Gasteiger partial charge on any atom is -0.486 e. The van der Waals surface area contributed by atoms with Crippen molar-refractivity contribution in [2.45, 2.75) is 39.2 Å². The Hall–Kier alpha value is -0.930. The van der Waals surface area contributed by atoms with E-state index in [1.807, 2.05) is 12.1 Å². The number of ether oxygens (including phenoxy) is 3. The van der Waals surface area contributed by atoms with Crippen molar-refractivity contribution in [1.82, 2.24) is 10.6 Å². The number of rotatable bonds is 8. The lowest BCUT2D eigenvalue weighted by atomic mass is 9.67. The maximum atomic E-state index is 6.32. The van der Waals surface area contributed by atoms with Crippen LogP contribution in [0.4, 0.5) is 0 Å². The van der Waals surface area contributed by atoms with Gasteiger partial charge in [-0.25, -0.2) is 4.99 Å². The third-order valence-electron chi connectivity index (χ3n) is 5.30. The number of nitrogens with zero attached hydrogens (tertiary/aromatic N) is 1. The number of hydrogen-bond acceptors (Lipinski definition) is 4. The van der Waals surface area contributed by atoms with Gasteiger partial charge >= 0.3 is 0 Å². The zero-order valence-electron chi connectivity index (χ0n) is 16.7. The lowest BCUT2D eigenvalue weighted by Gasteiger charge is -2.42. The molecular formula is C20H31ClIN3O3. The van der Waals surface area contributed by atoms with E-state index in [0.29, 0.717) is 41.7 Å². The van der Waals surface area contributed by atoms with Crippen molar-refractivity contribution >= 4 is 41.5 Å². The predicted octanol–water partition coefficient (Wildman–Crippen LogP) is 3.99. The maximum absolute atomic E-state index is 6.32. The topological polar surface area (TPSA) is 64.1 Å². The van der Waals surface area contributed by atoms with Gasteiger partial charge in [-0.1, -0.05) is 18.0 Å². The van der Waals surface area contributed by atoms with Crippen molar-refractivity contribution in [2.24, 2.45) is 10.4 Å². The summed E-state index contributed by atoms with van der Waals surface area (Å²) in [6.07, 6.45) is 4.89. The third-order valence-corrected chi connectivity index (χ3v) is 5.58.